The molecule has 1 heterocycles. The number of esters is 1. The van der Waals surface area contributed by atoms with Crippen LogP contribution >= 0.6 is 0 Å². The van der Waals surface area contributed by atoms with Gasteiger partial charge < -0.3 is 24.8 Å². The summed E-state index contributed by atoms with van der Waals surface area (Å²) in [5.74, 6) is -0.287. The lowest BCUT2D eigenvalue weighted by Gasteiger charge is -2.28. The second-order valence-electron chi connectivity index (χ2n) is 5.73. The van der Waals surface area contributed by atoms with E-state index in [-0.39, 0.29) is 40.6 Å². The summed E-state index contributed by atoms with van der Waals surface area (Å²) in [7, 11) is 2.73. The largest absolute Gasteiger partial charge is 0.493 e. The molecule has 2 rings (SSSR count). The lowest BCUT2D eigenvalue weighted by Crippen LogP contribution is -2.45. The van der Waals surface area contributed by atoms with Gasteiger partial charge in [0.25, 0.3) is 5.69 Å². The molecule has 10 heteroatoms. The van der Waals surface area contributed by atoms with E-state index in [1.165, 1.54) is 33.3 Å². The molecule has 1 aliphatic heterocycles. The molecule has 146 valence electrons. The first-order chi connectivity index (χ1) is 12.8. The lowest BCUT2D eigenvalue weighted by atomic mass is 9.93. The van der Waals surface area contributed by atoms with Crippen LogP contribution in [-0.2, 0) is 9.53 Å². The van der Waals surface area contributed by atoms with Gasteiger partial charge in [-0.15, -0.1) is 0 Å². The topological polar surface area (TPSA) is 129 Å². The number of methoxy groups -OCH3 is 2. The van der Waals surface area contributed by atoms with Crippen LogP contribution < -0.4 is 20.1 Å². The van der Waals surface area contributed by atoms with Gasteiger partial charge in [-0.05, 0) is 19.4 Å². The Morgan fingerprint density at radius 3 is 2.44 bits per heavy atom. The Kier molecular flexibility index (Phi) is 6.22. The summed E-state index contributed by atoms with van der Waals surface area (Å²) in [4.78, 5) is 35.5. The minimum atomic E-state index is -1.08. The van der Waals surface area contributed by atoms with Crippen molar-refractivity contribution in [2.75, 3.05) is 20.8 Å². The van der Waals surface area contributed by atoms with Crippen LogP contribution in [0.15, 0.2) is 23.4 Å². The van der Waals surface area contributed by atoms with E-state index in [4.69, 9.17) is 14.2 Å². The summed E-state index contributed by atoms with van der Waals surface area (Å²) < 4.78 is 15.5. The average Bonchev–Trinajstić information content (AvgIpc) is 2.64. The minimum absolute atomic E-state index is 0.0790. The van der Waals surface area contributed by atoms with Crippen molar-refractivity contribution in [3.05, 3.63) is 39.1 Å². The molecule has 1 aromatic rings. The lowest BCUT2D eigenvalue weighted by molar-refractivity contribution is -0.385. The van der Waals surface area contributed by atoms with Crippen molar-refractivity contribution in [2.24, 2.45) is 0 Å². The molecule has 0 saturated carbocycles. The second kappa shape index (κ2) is 8.39. The predicted molar refractivity (Wildman–Crippen MR) is 94.6 cm³/mol. The molecule has 2 amide bonds. The number of benzene rings is 1. The Bertz CT molecular complexity index is 804. The highest BCUT2D eigenvalue weighted by Crippen LogP contribution is 2.40. The molecule has 0 bridgehead atoms. The van der Waals surface area contributed by atoms with Crippen LogP contribution in [0.2, 0.25) is 0 Å². The molecule has 0 radical (unpaired) electrons. The monoisotopic (exact) mass is 379 g/mol. The molecule has 27 heavy (non-hydrogen) atoms. The summed E-state index contributed by atoms with van der Waals surface area (Å²) in [6.45, 7) is 3.55. The number of nitrogens with one attached hydrogen (secondary N) is 2. The Hall–Kier alpha value is -3.30. The first-order valence-electron chi connectivity index (χ1n) is 8.19. The molecule has 1 aromatic carbocycles. The van der Waals surface area contributed by atoms with E-state index in [0.717, 1.165) is 0 Å². The van der Waals surface area contributed by atoms with Crippen molar-refractivity contribution in [1.29, 1.82) is 0 Å². The minimum Gasteiger partial charge on any atom is -0.493 e. The number of nitrogens with zero attached hydrogens (tertiary/aromatic N) is 1. The van der Waals surface area contributed by atoms with Gasteiger partial charge in [0.05, 0.1) is 49.0 Å². The highest BCUT2D eigenvalue weighted by Gasteiger charge is 2.37. The van der Waals surface area contributed by atoms with E-state index < -0.39 is 23.0 Å². The standard InChI is InChI=1S/C17H21N3O7/c1-5-6-27-16(21)14-9(2)18-17(22)19-15(14)10-7-12(25-3)13(26-4)8-11(10)20(23)24/h7-8,15H,5-6H2,1-4H3,(H2,18,19,22). The quantitative estimate of drug-likeness (QED) is 0.422. The summed E-state index contributed by atoms with van der Waals surface area (Å²) in [6.07, 6.45) is 0.610. The molecule has 2 N–H and O–H groups in total. The first kappa shape index (κ1) is 20.0. The fourth-order valence-electron chi connectivity index (χ4n) is 2.74. The fraction of sp³-hybridized carbons (Fsp3) is 0.412. The third kappa shape index (κ3) is 4.10. The van der Waals surface area contributed by atoms with E-state index in [0.29, 0.717) is 6.42 Å². The zero-order valence-electron chi connectivity index (χ0n) is 15.5. The van der Waals surface area contributed by atoms with E-state index in [1.807, 2.05) is 6.92 Å². The number of carbonyl (C=O) groups excluding carboxylic acids is 2. The smallest absolute Gasteiger partial charge is 0.338 e. The highest BCUT2D eigenvalue weighted by atomic mass is 16.6. The Morgan fingerprint density at radius 2 is 1.89 bits per heavy atom. The molecule has 0 aromatic heterocycles. The van der Waals surface area contributed by atoms with Gasteiger partial charge >= 0.3 is 12.0 Å². The fourth-order valence-corrected chi connectivity index (χ4v) is 2.74. The number of amides is 2. The van der Waals surface area contributed by atoms with E-state index >= 15 is 0 Å². The van der Waals surface area contributed by atoms with E-state index in [9.17, 15) is 19.7 Å². The van der Waals surface area contributed by atoms with Crippen molar-refractivity contribution in [2.45, 2.75) is 26.3 Å². The molecule has 0 saturated heterocycles. The number of rotatable bonds is 7. The maximum absolute atomic E-state index is 12.5. The normalized spacial score (nSPS) is 16.3. The number of urea groups is 1. The zero-order chi connectivity index (χ0) is 20.1. The summed E-state index contributed by atoms with van der Waals surface area (Å²) >= 11 is 0. The summed E-state index contributed by atoms with van der Waals surface area (Å²) in [5, 5.41) is 16.6. The van der Waals surface area contributed by atoms with Gasteiger partial charge in [-0.1, -0.05) is 6.92 Å². The number of allylic oxidation sites excluding steroid dienone is 1. The van der Waals surface area contributed by atoms with Crippen molar-refractivity contribution >= 4 is 17.7 Å². The zero-order valence-corrected chi connectivity index (χ0v) is 15.5. The predicted octanol–water partition coefficient (Wildman–Crippen LogP) is 2.19. The third-order valence-electron chi connectivity index (χ3n) is 3.97. The molecule has 10 nitrogen and oxygen atoms in total. The SMILES string of the molecule is CCCOC(=O)C1=C(C)NC(=O)NC1c1cc(OC)c(OC)cc1[N+](=O)[O-]. The van der Waals surface area contributed by atoms with Gasteiger partial charge in [0.15, 0.2) is 11.5 Å². The van der Waals surface area contributed by atoms with Crippen LogP contribution in [-0.4, -0.2) is 37.8 Å². The van der Waals surface area contributed by atoms with Crippen molar-refractivity contribution in [3.8, 4) is 11.5 Å². The summed E-state index contributed by atoms with van der Waals surface area (Å²) in [6, 6.07) is 0.886. The first-order valence-corrected chi connectivity index (χ1v) is 8.19. The van der Waals surface area contributed by atoms with Crippen LogP contribution in [0, 0.1) is 10.1 Å². The van der Waals surface area contributed by atoms with Crippen LogP contribution in [0.25, 0.3) is 0 Å². The van der Waals surface area contributed by atoms with Crippen molar-refractivity contribution in [1.82, 2.24) is 10.6 Å². The Labute approximate surface area is 155 Å². The van der Waals surface area contributed by atoms with Crippen LogP contribution in [0.5, 0.6) is 11.5 Å². The van der Waals surface area contributed by atoms with Gasteiger partial charge in [0.1, 0.15) is 0 Å². The number of ether oxygens (including phenoxy) is 3. The van der Waals surface area contributed by atoms with Gasteiger partial charge in [0, 0.05) is 5.70 Å². The Morgan fingerprint density at radius 1 is 1.26 bits per heavy atom. The van der Waals surface area contributed by atoms with Crippen LogP contribution in [0.4, 0.5) is 10.5 Å². The summed E-state index contributed by atoms with van der Waals surface area (Å²) in [5.41, 5.74) is 0.0936. The van der Waals surface area contributed by atoms with Gasteiger partial charge in [-0.2, -0.15) is 0 Å². The maximum Gasteiger partial charge on any atom is 0.338 e. The number of hydrogen-bond donors (Lipinski definition) is 2. The van der Waals surface area contributed by atoms with E-state index in [2.05, 4.69) is 10.6 Å². The molecule has 0 spiro atoms. The van der Waals surface area contributed by atoms with Gasteiger partial charge in [-0.25, -0.2) is 9.59 Å². The molecular weight excluding hydrogens is 358 g/mol. The molecular formula is C17H21N3O7. The third-order valence-corrected chi connectivity index (χ3v) is 3.97. The highest BCUT2D eigenvalue weighted by molar-refractivity contribution is 5.95. The van der Waals surface area contributed by atoms with Crippen molar-refractivity contribution in [3.63, 3.8) is 0 Å². The van der Waals surface area contributed by atoms with E-state index in [1.54, 1.807) is 0 Å². The molecule has 0 aliphatic carbocycles. The van der Waals surface area contributed by atoms with Gasteiger partial charge in [0.2, 0.25) is 0 Å². The average molecular weight is 379 g/mol. The Balaban J connectivity index is 2.64. The number of nitro benzene ring substituents is 1. The number of carbonyl (C=O) groups is 2. The van der Waals surface area contributed by atoms with Crippen LogP contribution in [0.3, 0.4) is 0 Å². The number of nitro groups is 1. The van der Waals surface area contributed by atoms with Gasteiger partial charge in [-0.3, -0.25) is 10.1 Å². The van der Waals surface area contributed by atoms with Crippen molar-refractivity contribution < 1.29 is 28.7 Å². The van der Waals surface area contributed by atoms with Crippen LogP contribution in [0.1, 0.15) is 31.9 Å². The number of hydrogen-bond acceptors (Lipinski definition) is 7. The molecule has 1 atom stereocenters. The molecule has 1 unspecified atom stereocenters. The molecule has 1 aliphatic rings. The maximum atomic E-state index is 12.5. The molecule has 0 fully saturated rings. The second-order valence-corrected chi connectivity index (χ2v) is 5.73.